The topological polar surface area (TPSA) is 103 Å². The molecule has 0 amide bonds. The zero-order valence-electron chi connectivity index (χ0n) is 20.9. The van der Waals surface area contributed by atoms with Crippen LogP contribution < -0.4 is 9.80 Å². The van der Waals surface area contributed by atoms with Gasteiger partial charge >= 0.3 is 5.97 Å². The molecule has 4 heterocycles. The molecule has 0 saturated carbocycles. The second-order valence-electron chi connectivity index (χ2n) is 10.7. The van der Waals surface area contributed by atoms with Crippen LogP contribution in [-0.2, 0) is 4.79 Å². The number of aromatic hydroxyl groups is 1. The summed E-state index contributed by atoms with van der Waals surface area (Å²) < 4.78 is 0. The Labute approximate surface area is 215 Å². The van der Waals surface area contributed by atoms with Gasteiger partial charge in [-0.3, -0.25) is 4.79 Å². The number of anilines is 2. The number of carboxylic acid groups (broad SMARTS) is 1. The number of aromatic nitrogens is 3. The molecule has 4 aromatic rings. The monoisotopic (exact) mass is 495 g/mol. The Morgan fingerprint density at radius 2 is 1.70 bits per heavy atom. The molecule has 1 spiro atoms. The van der Waals surface area contributed by atoms with Gasteiger partial charge in [0.1, 0.15) is 11.6 Å². The van der Waals surface area contributed by atoms with Crippen molar-refractivity contribution in [1.29, 1.82) is 0 Å². The number of para-hydroxylation sites is 1. The van der Waals surface area contributed by atoms with Gasteiger partial charge in [-0.15, -0.1) is 10.2 Å². The van der Waals surface area contributed by atoms with Crippen LogP contribution in [0.25, 0.3) is 22.2 Å². The van der Waals surface area contributed by atoms with Gasteiger partial charge in [0.05, 0.1) is 17.1 Å². The van der Waals surface area contributed by atoms with E-state index in [1.165, 1.54) is 0 Å². The molecule has 2 saturated heterocycles. The van der Waals surface area contributed by atoms with E-state index in [4.69, 9.17) is 0 Å². The highest BCUT2D eigenvalue weighted by molar-refractivity contribution is 5.86. The summed E-state index contributed by atoms with van der Waals surface area (Å²) in [5.41, 5.74) is 4.32. The second-order valence-corrected chi connectivity index (χ2v) is 10.7. The van der Waals surface area contributed by atoms with Gasteiger partial charge in [0.2, 0.25) is 0 Å². The van der Waals surface area contributed by atoms with Crippen LogP contribution in [0.4, 0.5) is 11.5 Å². The molecule has 37 heavy (non-hydrogen) atoms. The van der Waals surface area contributed by atoms with Gasteiger partial charge in [-0.25, -0.2) is 4.98 Å². The molecule has 2 aliphatic heterocycles. The van der Waals surface area contributed by atoms with Crippen LogP contribution in [0.3, 0.4) is 0 Å². The first kappa shape index (κ1) is 23.2. The molecule has 188 valence electrons. The van der Waals surface area contributed by atoms with Crippen molar-refractivity contribution in [2.45, 2.75) is 19.8 Å². The quantitative estimate of drug-likeness (QED) is 0.402. The fourth-order valence-electron chi connectivity index (χ4n) is 5.73. The SMILES string of the molecule is CC(C)C(C(=O)O)c1ccnc(N2CC3(CN(c4ccc5cc(-c6ccccc6O)nnc5c4)C3)C2)c1. The minimum atomic E-state index is -0.795. The third-order valence-corrected chi connectivity index (χ3v) is 7.61. The zero-order valence-corrected chi connectivity index (χ0v) is 20.9. The molecule has 0 aliphatic carbocycles. The number of phenols is 1. The molecule has 2 aromatic carbocycles. The Morgan fingerprint density at radius 3 is 2.43 bits per heavy atom. The average Bonchev–Trinajstić information content (AvgIpc) is 2.82. The molecule has 1 atom stereocenters. The van der Waals surface area contributed by atoms with Crippen molar-refractivity contribution >= 4 is 28.4 Å². The van der Waals surface area contributed by atoms with Crippen LogP contribution in [0.1, 0.15) is 25.3 Å². The molecule has 0 bridgehead atoms. The number of rotatable bonds is 6. The Hall–Kier alpha value is -4.20. The van der Waals surface area contributed by atoms with E-state index in [0.717, 1.165) is 54.2 Å². The van der Waals surface area contributed by atoms with Gasteiger partial charge in [-0.1, -0.05) is 32.0 Å². The minimum Gasteiger partial charge on any atom is -0.507 e. The van der Waals surface area contributed by atoms with Gasteiger partial charge in [-0.2, -0.15) is 0 Å². The van der Waals surface area contributed by atoms with Gasteiger partial charge < -0.3 is 20.0 Å². The molecular formula is C29H29N5O3. The molecule has 1 unspecified atom stereocenters. The summed E-state index contributed by atoms with van der Waals surface area (Å²) in [5, 5.41) is 29.5. The van der Waals surface area contributed by atoms with Crippen LogP contribution in [0.2, 0.25) is 0 Å². The maximum absolute atomic E-state index is 11.8. The maximum Gasteiger partial charge on any atom is 0.311 e. The summed E-state index contributed by atoms with van der Waals surface area (Å²) in [6, 6.07) is 19.1. The summed E-state index contributed by atoms with van der Waals surface area (Å²) in [6.07, 6.45) is 1.72. The molecule has 8 nitrogen and oxygen atoms in total. The molecule has 2 aliphatic rings. The Bertz CT molecular complexity index is 1490. The van der Waals surface area contributed by atoms with Gasteiger partial charge in [0, 0.05) is 54.4 Å². The van der Waals surface area contributed by atoms with Crippen molar-refractivity contribution in [2.24, 2.45) is 11.3 Å². The number of aliphatic carboxylic acids is 1. The molecule has 0 radical (unpaired) electrons. The average molecular weight is 496 g/mol. The van der Waals surface area contributed by atoms with E-state index in [9.17, 15) is 15.0 Å². The highest BCUT2D eigenvalue weighted by Gasteiger charge is 2.52. The van der Waals surface area contributed by atoms with E-state index in [2.05, 4.69) is 43.2 Å². The van der Waals surface area contributed by atoms with Crippen molar-refractivity contribution in [2.75, 3.05) is 36.0 Å². The van der Waals surface area contributed by atoms with Gasteiger partial charge in [0.25, 0.3) is 0 Å². The van der Waals surface area contributed by atoms with E-state index in [1.54, 1.807) is 18.3 Å². The predicted molar refractivity (Wildman–Crippen MR) is 143 cm³/mol. The normalized spacial score (nSPS) is 17.1. The van der Waals surface area contributed by atoms with Crippen LogP contribution in [-0.4, -0.2) is 57.5 Å². The number of pyridine rings is 1. The molecule has 2 N–H and O–H groups in total. The molecule has 2 fully saturated rings. The van der Waals surface area contributed by atoms with E-state index in [1.807, 2.05) is 44.2 Å². The Balaban J connectivity index is 1.12. The number of hydrogen-bond donors (Lipinski definition) is 2. The standard InChI is InChI=1S/C29H29N5O3/c1-18(2)27(28(36)37)20-9-10-30-26(12-20)34-16-29(17-34)14-33(15-29)21-8-7-19-11-24(32-31-23(19)13-21)22-5-3-4-6-25(22)35/h3-13,18,27,35H,14-17H2,1-2H3,(H,36,37). The molecule has 2 aromatic heterocycles. The number of nitrogens with zero attached hydrogens (tertiary/aromatic N) is 5. The van der Waals surface area contributed by atoms with Crippen molar-refractivity contribution in [1.82, 2.24) is 15.2 Å². The van der Waals surface area contributed by atoms with Crippen molar-refractivity contribution in [3.8, 4) is 17.0 Å². The third-order valence-electron chi connectivity index (χ3n) is 7.61. The van der Waals surface area contributed by atoms with Crippen LogP contribution in [0.15, 0.2) is 66.9 Å². The van der Waals surface area contributed by atoms with E-state index >= 15 is 0 Å². The van der Waals surface area contributed by atoms with Crippen LogP contribution >= 0.6 is 0 Å². The molecule has 8 heteroatoms. The summed E-state index contributed by atoms with van der Waals surface area (Å²) in [4.78, 5) is 20.9. The van der Waals surface area contributed by atoms with Gasteiger partial charge in [0.15, 0.2) is 0 Å². The number of benzene rings is 2. The minimum absolute atomic E-state index is 0.0133. The van der Waals surface area contributed by atoms with E-state index < -0.39 is 11.9 Å². The predicted octanol–water partition coefficient (Wildman–Crippen LogP) is 4.55. The highest BCUT2D eigenvalue weighted by Crippen LogP contribution is 2.44. The summed E-state index contributed by atoms with van der Waals surface area (Å²) in [6.45, 7) is 7.62. The molecule has 6 rings (SSSR count). The number of hydrogen-bond acceptors (Lipinski definition) is 7. The molecular weight excluding hydrogens is 466 g/mol. The Kier molecular flexibility index (Phi) is 5.47. The largest absolute Gasteiger partial charge is 0.507 e. The third kappa shape index (κ3) is 4.12. The zero-order chi connectivity index (χ0) is 25.7. The van der Waals surface area contributed by atoms with Crippen molar-refractivity contribution in [3.63, 3.8) is 0 Å². The summed E-state index contributed by atoms with van der Waals surface area (Å²) in [5.74, 6) is -0.260. The van der Waals surface area contributed by atoms with E-state index in [-0.39, 0.29) is 17.1 Å². The first-order valence-corrected chi connectivity index (χ1v) is 12.6. The van der Waals surface area contributed by atoms with Crippen molar-refractivity contribution in [3.05, 3.63) is 72.4 Å². The first-order valence-electron chi connectivity index (χ1n) is 12.6. The summed E-state index contributed by atoms with van der Waals surface area (Å²) in [7, 11) is 0. The van der Waals surface area contributed by atoms with Crippen molar-refractivity contribution < 1.29 is 15.0 Å². The lowest BCUT2D eigenvalue weighted by molar-refractivity contribution is -0.139. The second kappa shape index (κ2) is 8.73. The fraction of sp³-hybridized carbons (Fsp3) is 0.310. The smallest absolute Gasteiger partial charge is 0.311 e. The number of carbonyl (C=O) groups is 1. The fourth-order valence-corrected chi connectivity index (χ4v) is 5.73. The van der Waals surface area contributed by atoms with Gasteiger partial charge in [-0.05, 0) is 53.9 Å². The Morgan fingerprint density at radius 1 is 0.946 bits per heavy atom. The number of fused-ring (bicyclic) bond motifs is 1. The first-order chi connectivity index (χ1) is 17.8. The summed E-state index contributed by atoms with van der Waals surface area (Å²) >= 11 is 0. The number of phenolic OH excluding ortho intramolecular Hbond substituents is 1. The maximum atomic E-state index is 11.8. The lowest BCUT2D eigenvalue weighted by atomic mass is 9.72. The number of carboxylic acids is 1. The lowest BCUT2D eigenvalue weighted by Crippen LogP contribution is -2.72. The lowest BCUT2D eigenvalue weighted by Gasteiger charge is -2.61. The van der Waals surface area contributed by atoms with E-state index in [0.29, 0.717) is 11.3 Å². The highest BCUT2D eigenvalue weighted by atomic mass is 16.4. The van der Waals surface area contributed by atoms with Crippen LogP contribution in [0.5, 0.6) is 5.75 Å². The van der Waals surface area contributed by atoms with Crippen LogP contribution in [0, 0.1) is 11.3 Å².